The molecule has 3 rings (SSSR count). The van der Waals surface area contributed by atoms with Crippen molar-refractivity contribution in [3.05, 3.63) is 57.9 Å². The van der Waals surface area contributed by atoms with Gasteiger partial charge in [0.2, 0.25) is 11.8 Å². The average Bonchev–Trinajstić information content (AvgIpc) is 2.84. The van der Waals surface area contributed by atoms with Crippen LogP contribution in [0.15, 0.2) is 35.5 Å². The molecule has 0 spiro atoms. The summed E-state index contributed by atoms with van der Waals surface area (Å²) < 4.78 is 10.6. The number of aromatic nitrogens is 2. The predicted molar refractivity (Wildman–Crippen MR) is 147 cm³/mol. The van der Waals surface area contributed by atoms with Gasteiger partial charge in [0.25, 0.3) is 5.91 Å². The van der Waals surface area contributed by atoms with Crippen LogP contribution in [0.2, 0.25) is 0 Å². The van der Waals surface area contributed by atoms with Crippen molar-refractivity contribution in [2.24, 2.45) is 0 Å². The highest BCUT2D eigenvalue weighted by molar-refractivity contribution is 5.99. The number of rotatable bonds is 9. The van der Waals surface area contributed by atoms with Crippen molar-refractivity contribution in [2.45, 2.75) is 73.1 Å². The molecule has 0 saturated heterocycles. The third kappa shape index (κ3) is 8.25. The van der Waals surface area contributed by atoms with Crippen molar-refractivity contribution in [1.82, 2.24) is 25.7 Å². The van der Waals surface area contributed by atoms with Gasteiger partial charge in [-0.3, -0.25) is 19.9 Å². The molecule has 11 nitrogen and oxygen atoms in total. The van der Waals surface area contributed by atoms with Crippen LogP contribution in [0.3, 0.4) is 0 Å². The Morgan fingerprint density at radius 1 is 1.15 bits per heavy atom. The van der Waals surface area contributed by atoms with Gasteiger partial charge in [-0.25, -0.2) is 20.2 Å². The van der Waals surface area contributed by atoms with E-state index in [-0.39, 0.29) is 24.8 Å². The SMILES string of the molecule is COc1ncccc1CNN1CCC(C)=C(CC(=O)NCc2c(C)cc(NC(=O)OC(C)(C)C)nc2C)C1=O. The highest BCUT2D eigenvalue weighted by Crippen LogP contribution is 2.22. The van der Waals surface area contributed by atoms with E-state index in [0.717, 1.165) is 22.3 Å². The van der Waals surface area contributed by atoms with E-state index >= 15 is 0 Å². The summed E-state index contributed by atoms with van der Waals surface area (Å²) >= 11 is 0. The maximum Gasteiger partial charge on any atom is 0.413 e. The Morgan fingerprint density at radius 2 is 1.90 bits per heavy atom. The van der Waals surface area contributed by atoms with Gasteiger partial charge in [-0.05, 0) is 71.2 Å². The molecule has 3 amide bonds. The summed E-state index contributed by atoms with van der Waals surface area (Å²) in [6, 6.07) is 5.42. The average molecular weight is 539 g/mol. The Labute approximate surface area is 229 Å². The van der Waals surface area contributed by atoms with E-state index < -0.39 is 11.7 Å². The number of ether oxygens (including phenoxy) is 2. The quantitative estimate of drug-likeness (QED) is 0.440. The second-order valence-corrected chi connectivity index (χ2v) is 10.4. The molecule has 3 N–H and O–H groups in total. The molecule has 210 valence electrons. The van der Waals surface area contributed by atoms with E-state index in [9.17, 15) is 14.4 Å². The first-order valence-electron chi connectivity index (χ1n) is 12.8. The van der Waals surface area contributed by atoms with E-state index in [1.54, 1.807) is 46.2 Å². The summed E-state index contributed by atoms with van der Waals surface area (Å²) in [6.07, 6.45) is 1.70. The van der Waals surface area contributed by atoms with E-state index in [4.69, 9.17) is 9.47 Å². The molecule has 39 heavy (non-hydrogen) atoms. The first-order valence-corrected chi connectivity index (χ1v) is 12.8. The normalized spacial score (nSPS) is 13.8. The number of carbonyl (C=O) groups is 3. The number of methoxy groups -OCH3 is 1. The second-order valence-electron chi connectivity index (χ2n) is 10.4. The lowest BCUT2D eigenvalue weighted by atomic mass is 9.98. The van der Waals surface area contributed by atoms with Gasteiger partial charge in [-0.15, -0.1) is 0 Å². The molecule has 1 aliphatic rings. The molecule has 3 heterocycles. The van der Waals surface area contributed by atoms with Crippen LogP contribution in [0.4, 0.5) is 10.6 Å². The Kier molecular flexibility index (Phi) is 9.63. The number of aryl methyl sites for hydroxylation is 2. The van der Waals surface area contributed by atoms with Gasteiger partial charge in [0.05, 0.1) is 13.5 Å². The third-order valence-corrected chi connectivity index (χ3v) is 6.22. The van der Waals surface area contributed by atoms with Crippen LogP contribution in [0, 0.1) is 13.8 Å². The Hall–Kier alpha value is -3.99. The number of hydrogen-bond acceptors (Lipinski definition) is 8. The minimum absolute atomic E-state index is 0.0249. The Bertz CT molecular complexity index is 1240. The van der Waals surface area contributed by atoms with Crippen LogP contribution in [0.25, 0.3) is 0 Å². The highest BCUT2D eigenvalue weighted by atomic mass is 16.6. The first kappa shape index (κ1) is 29.6. The monoisotopic (exact) mass is 538 g/mol. The zero-order chi connectivity index (χ0) is 28.7. The molecule has 0 aliphatic carbocycles. The number of hydrazine groups is 1. The van der Waals surface area contributed by atoms with E-state index in [2.05, 4.69) is 26.0 Å². The number of nitrogens with one attached hydrogen (secondary N) is 3. The molecule has 11 heteroatoms. The van der Waals surface area contributed by atoms with Crippen LogP contribution in [0.5, 0.6) is 5.88 Å². The number of amides is 3. The molecule has 0 unspecified atom stereocenters. The van der Waals surface area contributed by atoms with Crippen molar-refractivity contribution in [1.29, 1.82) is 0 Å². The lowest BCUT2D eigenvalue weighted by Gasteiger charge is -2.30. The van der Waals surface area contributed by atoms with Crippen LogP contribution < -0.4 is 20.8 Å². The van der Waals surface area contributed by atoms with Gasteiger partial charge in [-0.1, -0.05) is 11.6 Å². The van der Waals surface area contributed by atoms with Crippen LogP contribution >= 0.6 is 0 Å². The lowest BCUT2D eigenvalue weighted by molar-refractivity contribution is -0.133. The number of pyridine rings is 2. The summed E-state index contributed by atoms with van der Waals surface area (Å²) in [5.41, 5.74) is 7.10. The number of carbonyl (C=O) groups excluding carboxylic acids is 3. The molecule has 0 atom stereocenters. The summed E-state index contributed by atoms with van der Waals surface area (Å²) in [6.45, 7) is 12.1. The number of nitrogens with zero attached hydrogens (tertiary/aromatic N) is 3. The maximum absolute atomic E-state index is 13.2. The zero-order valence-corrected chi connectivity index (χ0v) is 23.7. The standard InChI is InChI=1S/C28H38N6O5/c1-17-10-12-34(31-15-20-9-8-11-29-25(20)38-7)26(36)21(17)14-24(35)30-16-22-18(2)13-23(32-19(22)3)33-27(37)39-28(4,5)6/h8-9,11,13,31H,10,12,14-16H2,1-7H3,(H,30,35)(H,32,33,37). The van der Waals surface area contributed by atoms with Gasteiger partial charge in [-0.2, -0.15) is 0 Å². The van der Waals surface area contributed by atoms with Gasteiger partial charge < -0.3 is 14.8 Å². The summed E-state index contributed by atoms with van der Waals surface area (Å²) in [7, 11) is 1.55. The van der Waals surface area contributed by atoms with Gasteiger partial charge in [0, 0.05) is 42.7 Å². The molecule has 0 saturated carbocycles. The predicted octanol–water partition coefficient (Wildman–Crippen LogP) is 3.71. The molecule has 0 fully saturated rings. The second kappa shape index (κ2) is 12.7. The van der Waals surface area contributed by atoms with Crippen molar-refractivity contribution in [3.63, 3.8) is 0 Å². The molecule has 0 radical (unpaired) electrons. The van der Waals surface area contributed by atoms with E-state index in [0.29, 0.717) is 42.5 Å². The maximum atomic E-state index is 13.2. The summed E-state index contributed by atoms with van der Waals surface area (Å²) in [5, 5.41) is 7.09. The van der Waals surface area contributed by atoms with Crippen LogP contribution in [-0.4, -0.2) is 52.1 Å². The van der Waals surface area contributed by atoms with Crippen molar-refractivity contribution in [2.75, 3.05) is 19.0 Å². The smallest absolute Gasteiger partial charge is 0.413 e. The van der Waals surface area contributed by atoms with E-state index in [1.807, 2.05) is 26.8 Å². The topological polar surface area (TPSA) is 135 Å². The van der Waals surface area contributed by atoms with E-state index in [1.165, 1.54) is 5.01 Å². The van der Waals surface area contributed by atoms with Crippen LogP contribution in [-0.2, 0) is 27.4 Å². The van der Waals surface area contributed by atoms with Gasteiger partial charge in [0.1, 0.15) is 11.4 Å². The van der Waals surface area contributed by atoms with Crippen molar-refractivity contribution in [3.8, 4) is 5.88 Å². The molecular formula is C28H38N6O5. The van der Waals surface area contributed by atoms with Gasteiger partial charge in [0.15, 0.2) is 0 Å². The lowest BCUT2D eigenvalue weighted by Crippen LogP contribution is -2.47. The molecule has 2 aromatic heterocycles. The highest BCUT2D eigenvalue weighted by Gasteiger charge is 2.27. The minimum Gasteiger partial charge on any atom is -0.481 e. The Balaban J connectivity index is 1.58. The molecule has 1 aliphatic heterocycles. The molecule has 2 aromatic rings. The van der Waals surface area contributed by atoms with Crippen LogP contribution in [0.1, 0.15) is 62.9 Å². The van der Waals surface area contributed by atoms with Gasteiger partial charge >= 0.3 is 6.09 Å². The Morgan fingerprint density at radius 3 is 2.56 bits per heavy atom. The number of anilines is 1. The summed E-state index contributed by atoms with van der Waals surface area (Å²) in [4.78, 5) is 46.7. The first-order chi connectivity index (χ1) is 18.4. The van der Waals surface area contributed by atoms with Crippen molar-refractivity contribution >= 4 is 23.7 Å². The fourth-order valence-electron chi connectivity index (χ4n) is 4.19. The summed E-state index contributed by atoms with van der Waals surface area (Å²) in [5.74, 6) is 0.389. The fourth-order valence-corrected chi connectivity index (χ4v) is 4.19. The minimum atomic E-state index is -0.619. The zero-order valence-electron chi connectivity index (χ0n) is 23.7. The molecule has 0 aromatic carbocycles. The molecular weight excluding hydrogens is 500 g/mol. The third-order valence-electron chi connectivity index (χ3n) is 6.22. The van der Waals surface area contributed by atoms with Crippen molar-refractivity contribution < 1.29 is 23.9 Å². The number of hydrogen-bond donors (Lipinski definition) is 3. The fraction of sp³-hybridized carbons (Fsp3) is 0.464. The molecule has 0 bridgehead atoms. The largest absolute Gasteiger partial charge is 0.481 e.